The average molecular weight is 246 g/mol. The topological polar surface area (TPSA) is 48.4 Å². The Morgan fingerprint density at radius 2 is 0.889 bits per heavy atom. The van der Waals surface area contributed by atoms with Crippen LogP contribution in [0.15, 0.2) is 38.3 Å². The molecule has 1 rings (SSSR count). The zero-order valence-electron chi connectivity index (χ0n) is 11.0. The molecule has 0 radical (unpaired) electrons. The first-order valence-electron chi connectivity index (χ1n) is 5.35. The Kier molecular flexibility index (Phi) is 4.42. The summed E-state index contributed by atoms with van der Waals surface area (Å²) in [6.07, 6.45) is 4.89. The van der Waals surface area contributed by atoms with Crippen LogP contribution in [-0.2, 0) is 0 Å². The zero-order chi connectivity index (χ0) is 13.7. The number of nitrogens with zero attached hydrogens (tertiary/aromatic N) is 6. The van der Waals surface area contributed by atoms with E-state index < -0.39 is 0 Å². The maximum atomic E-state index is 4.32. The van der Waals surface area contributed by atoms with Gasteiger partial charge in [-0.2, -0.15) is 15.0 Å². The van der Waals surface area contributed by atoms with Crippen molar-refractivity contribution in [2.45, 2.75) is 0 Å². The van der Waals surface area contributed by atoms with E-state index in [1.807, 2.05) is 21.1 Å². The van der Waals surface area contributed by atoms with Crippen LogP contribution in [0.5, 0.6) is 0 Å². The van der Waals surface area contributed by atoms with E-state index >= 15 is 0 Å². The highest BCUT2D eigenvalue weighted by atomic mass is 15.4. The standard InChI is InChI=1S/C12H18N6/c1-7-16(4)10-13-11(17(5)8-2)15-12(14-10)18(6)9-3/h7-9H,1-3H2,4-6H3. The van der Waals surface area contributed by atoms with Crippen molar-refractivity contribution >= 4 is 17.8 Å². The Balaban J connectivity index is 3.31. The second-order valence-corrected chi connectivity index (χ2v) is 3.62. The first-order chi connectivity index (χ1) is 8.53. The molecule has 1 heterocycles. The molecule has 0 fully saturated rings. The van der Waals surface area contributed by atoms with Gasteiger partial charge in [0.25, 0.3) is 0 Å². The van der Waals surface area contributed by atoms with Gasteiger partial charge in [0, 0.05) is 21.1 Å². The van der Waals surface area contributed by atoms with Crippen LogP contribution in [-0.4, -0.2) is 36.1 Å². The lowest BCUT2D eigenvalue weighted by atomic mass is 10.6. The van der Waals surface area contributed by atoms with Gasteiger partial charge in [-0.05, 0) is 18.6 Å². The predicted molar refractivity (Wildman–Crippen MR) is 75.6 cm³/mol. The Labute approximate surface area is 108 Å². The summed E-state index contributed by atoms with van der Waals surface area (Å²) in [7, 11) is 5.45. The fourth-order valence-corrected chi connectivity index (χ4v) is 1.06. The third-order valence-corrected chi connectivity index (χ3v) is 2.37. The number of aromatic nitrogens is 3. The zero-order valence-corrected chi connectivity index (χ0v) is 11.0. The third-order valence-electron chi connectivity index (χ3n) is 2.37. The van der Waals surface area contributed by atoms with Gasteiger partial charge < -0.3 is 14.7 Å². The smallest absolute Gasteiger partial charge is 0.235 e. The molecule has 0 saturated carbocycles. The number of anilines is 3. The van der Waals surface area contributed by atoms with Crippen molar-refractivity contribution in [2.24, 2.45) is 0 Å². The van der Waals surface area contributed by atoms with Gasteiger partial charge in [-0.25, -0.2) is 0 Å². The lowest BCUT2D eigenvalue weighted by Gasteiger charge is -2.19. The van der Waals surface area contributed by atoms with Gasteiger partial charge in [-0.3, -0.25) is 0 Å². The van der Waals surface area contributed by atoms with Gasteiger partial charge in [0.05, 0.1) is 0 Å². The molecule has 0 N–H and O–H groups in total. The summed E-state index contributed by atoms with van der Waals surface area (Å²) in [5, 5.41) is 0. The molecule has 0 unspecified atom stereocenters. The molecule has 0 aliphatic carbocycles. The first kappa shape index (κ1) is 13.7. The normalized spacial score (nSPS) is 9.50. The van der Waals surface area contributed by atoms with Crippen LogP contribution >= 0.6 is 0 Å². The van der Waals surface area contributed by atoms with Gasteiger partial charge in [0.1, 0.15) is 0 Å². The summed E-state index contributed by atoms with van der Waals surface area (Å²) in [6.45, 7) is 11.1. The highest BCUT2D eigenvalue weighted by molar-refractivity contribution is 5.48. The van der Waals surface area contributed by atoms with Crippen LogP contribution < -0.4 is 14.7 Å². The van der Waals surface area contributed by atoms with Crippen molar-refractivity contribution in [2.75, 3.05) is 35.8 Å². The third kappa shape index (κ3) is 2.85. The van der Waals surface area contributed by atoms with Crippen LogP contribution in [0, 0.1) is 0 Å². The Bertz CT molecular complexity index is 377. The fraction of sp³-hybridized carbons (Fsp3) is 0.250. The van der Waals surface area contributed by atoms with Crippen molar-refractivity contribution in [3.05, 3.63) is 38.3 Å². The highest BCUT2D eigenvalue weighted by Crippen LogP contribution is 2.17. The van der Waals surface area contributed by atoms with Gasteiger partial charge in [0.15, 0.2) is 0 Å². The monoisotopic (exact) mass is 246 g/mol. The maximum Gasteiger partial charge on any atom is 0.235 e. The quantitative estimate of drug-likeness (QED) is 0.760. The molecule has 1 aromatic rings. The molecule has 0 spiro atoms. The maximum absolute atomic E-state index is 4.32. The number of hydrogen-bond acceptors (Lipinski definition) is 6. The summed E-state index contributed by atoms with van der Waals surface area (Å²) in [6, 6.07) is 0. The molecule has 0 aromatic carbocycles. The average Bonchev–Trinajstić information content (AvgIpc) is 2.43. The molecule has 0 amide bonds. The van der Waals surface area contributed by atoms with Gasteiger partial charge in [-0.1, -0.05) is 19.7 Å². The van der Waals surface area contributed by atoms with Crippen molar-refractivity contribution < 1.29 is 0 Å². The van der Waals surface area contributed by atoms with E-state index in [4.69, 9.17) is 0 Å². The molecule has 6 nitrogen and oxygen atoms in total. The molecule has 0 aliphatic heterocycles. The van der Waals surface area contributed by atoms with Crippen LogP contribution in [0.3, 0.4) is 0 Å². The van der Waals surface area contributed by atoms with E-state index in [1.165, 1.54) is 0 Å². The van der Waals surface area contributed by atoms with Crippen molar-refractivity contribution in [1.82, 2.24) is 15.0 Å². The van der Waals surface area contributed by atoms with E-state index in [-0.39, 0.29) is 0 Å². The number of rotatable bonds is 6. The van der Waals surface area contributed by atoms with Crippen LogP contribution in [0.25, 0.3) is 0 Å². The molecular formula is C12H18N6. The second kappa shape index (κ2) is 5.81. The SMILES string of the molecule is C=CN(C)c1nc(N(C)C=C)nc(N(C)C=C)n1. The summed E-state index contributed by atoms with van der Waals surface area (Å²) in [5.74, 6) is 1.52. The minimum Gasteiger partial charge on any atom is -0.321 e. The first-order valence-corrected chi connectivity index (χ1v) is 5.35. The molecule has 18 heavy (non-hydrogen) atoms. The molecule has 0 saturated heterocycles. The Hall–Kier alpha value is -2.37. The van der Waals surface area contributed by atoms with E-state index in [0.29, 0.717) is 17.8 Å². The van der Waals surface area contributed by atoms with Crippen molar-refractivity contribution in [1.29, 1.82) is 0 Å². The summed E-state index contributed by atoms with van der Waals surface area (Å²) in [4.78, 5) is 18.1. The Morgan fingerprint density at radius 1 is 0.667 bits per heavy atom. The number of hydrogen-bond donors (Lipinski definition) is 0. The van der Waals surface area contributed by atoms with Gasteiger partial charge in [0.2, 0.25) is 17.8 Å². The predicted octanol–water partition coefficient (Wildman–Crippen LogP) is 1.61. The minimum absolute atomic E-state index is 0.507. The molecule has 0 atom stereocenters. The summed E-state index contributed by atoms with van der Waals surface area (Å²) >= 11 is 0. The van der Waals surface area contributed by atoms with Gasteiger partial charge in [-0.15, -0.1) is 0 Å². The van der Waals surface area contributed by atoms with Crippen LogP contribution in [0.1, 0.15) is 0 Å². The van der Waals surface area contributed by atoms with E-state index in [9.17, 15) is 0 Å². The van der Waals surface area contributed by atoms with Crippen molar-refractivity contribution in [3.63, 3.8) is 0 Å². The molecular weight excluding hydrogens is 228 g/mol. The molecule has 0 bridgehead atoms. The molecule has 6 heteroatoms. The van der Waals surface area contributed by atoms with Crippen molar-refractivity contribution in [3.8, 4) is 0 Å². The van der Waals surface area contributed by atoms with Crippen LogP contribution in [0.2, 0.25) is 0 Å². The highest BCUT2D eigenvalue weighted by Gasteiger charge is 2.12. The van der Waals surface area contributed by atoms with Crippen LogP contribution in [0.4, 0.5) is 17.8 Å². The van der Waals surface area contributed by atoms with E-state index in [2.05, 4.69) is 34.7 Å². The van der Waals surface area contributed by atoms with E-state index in [0.717, 1.165) is 0 Å². The molecule has 1 aromatic heterocycles. The molecule has 0 aliphatic rings. The van der Waals surface area contributed by atoms with Gasteiger partial charge >= 0.3 is 0 Å². The van der Waals surface area contributed by atoms with E-state index in [1.54, 1.807) is 33.3 Å². The summed E-state index contributed by atoms with van der Waals surface area (Å²) < 4.78 is 0. The second-order valence-electron chi connectivity index (χ2n) is 3.62. The minimum atomic E-state index is 0.507. The largest absolute Gasteiger partial charge is 0.321 e. The fourth-order valence-electron chi connectivity index (χ4n) is 1.06. The lowest BCUT2D eigenvalue weighted by Crippen LogP contribution is -2.21. The Morgan fingerprint density at radius 3 is 1.06 bits per heavy atom. The lowest BCUT2D eigenvalue weighted by molar-refractivity contribution is 0.921. The summed E-state index contributed by atoms with van der Waals surface area (Å²) in [5.41, 5.74) is 0. The molecule has 96 valence electrons.